The van der Waals surface area contributed by atoms with Crippen LogP contribution in [0.1, 0.15) is 21.7 Å². The average molecular weight is 335 g/mol. The summed E-state index contributed by atoms with van der Waals surface area (Å²) in [5, 5.41) is 3.03. The molecule has 0 saturated carbocycles. The molecule has 7 heteroatoms. The van der Waals surface area contributed by atoms with Gasteiger partial charge in [-0.25, -0.2) is 4.79 Å². The van der Waals surface area contributed by atoms with Crippen molar-refractivity contribution >= 4 is 23.6 Å². The Morgan fingerprint density at radius 2 is 1.76 bits per heavy atom. The fourth-order valence-electron chi connectivity index (χ4n) is 2.22. The number of nitrogens with two attached hydrogens (primary N) is 1. The van der Waals surface area contributed by atoms with Gasteiger partial charge in [-0.15, -0.1) is 0 Å². The van der Waals surface area contributed by atoms with Crippen molar-refractivity contribution in [1.29, 1.82) is 0 Å². The van der Waals surface area contributed by atoms with Gasteiger partial charge in [-0.1, -0.05) is 36.4 Å². The normalized spacial score (nSPS) is 10.3. The predicted octanol–water partition coefficient (Wildman–Crippen LogP) is 2.86. The van der Waals surface area contributed by atoms with Gasteiger partial charge in [0, 0.05) is 5.69 Å². The molecular formula is C18H17N5O2. The molecule has 0 spiro atoms. The first-order valence-corrected chi connectivity index (χ1v) is 7.67. The first kappa shape index (κ1) is 16.4. The predicted molar refractivity (Wildman–Crippen MR) is 94.3 cm³/mol. The Balaban J connectivity index is 1.70. The summed E-state index contributed by atoms with van der Waals surface area (Å²) >= 11 is 0. The van der Waals surface area contributed by atoms with E-state index in [-0.39, 0.29) is 18.4 Å². The number of aromatic nitrogens is 3. The van der Waals surface area contributed by atoms with E-state index < -0.39 is 5.97 Å². The number of esters is 1. The van der Waals surface area contributed by atoms with E-state index in [2.05, 4.69) is 20.3 Å². The number of nitrogens with one attached hydrogen (secondary N) is 1. The quantitative estimate of drug-likeness (QED) is 0.691. The van der Waals surface area contributed by atoms with E-state index in [1.807, 2.05) is 49.4 Å². The monoisotopic (exact) mass is 335 g/mol. The maximum atomic E-state index is 12.2. The van der Waals surface area contributed by atoms with Crippen LogP contribution in [0, 0.1) is 6.92 Å². The van der Waals surface area contributed by atoms with E-state index in [4.69, 9.17) is 10.5 Å². The first-order valence-electron chi connectivity index (χ1n) is 7.67. The number of hydrogen-bond acceptors (Lipinski definition) is 7. The number of aryl methyl sites for hydroxylation is 1. The molecule has 0 aliphatic heterocycles. The molecule has 0 fully saturated rings. The molecule has 25 heavy (non-hydrogen) atoms. The Morgan fingerprint density at radius 3 is 2.52 bits per heavy atom. The highest BCUT2D eigenvalue weighted by Crippen LogP contribution is 2.14. The van der Waals surface area contributed by atoms with Crippen molar-refractivity contribution < 1.29 is 9.53 Å². The van der Waals surface area contributed by atoms with E-state index in [1.54, 1.807) is 12.1 Å². The summed E-state index contributed by atoms with van der Waals surface area (Å²) in [5.74, 6) is 0.179. The number of anilines is 3. The van der Waals surface area contributed by atoms with Crippen molar-refractivity contribution in [3.63, 3.8) is 0 Å². The molecule has 3 N–H and O–H groups in total. The largest absolute Gasteiger partial charge is 0.454 e. The molecule has 3 rings (SSSR count). The summed E-state index contributed by atoms with van der Waals surface area (Å²) in [7, 11) is 0. The van der Waals surface area contributed by atoms with Gasteiger partial charge in [-0.05, 0) is 30.7 Å². The van der Waals surface area contributed by atoms with E-state index in [1.165, 1.54) is 0 Å². The first-order chi connectivity index (χ1) is 12.1. The fraction of sp³-hybridized carbons (Fsp3) is 0.111. The molecule has 0 aliphatic rings. The van der Waals surface area contributed by atoms with E-state index in [0.717, 1.165) is 11.3 Å². The molecule has 2 aromatic carbocycles. The Labute approximate surface area is 144 Å². The zero-order valence-electron chi connectivity index (χ0n) is 13.6. The minimum atomic E-state index is -0.436. The number of rotatable bonds is 5. The Morgan fingerprint density at radius 1 is 1.04 bits per heavy atom. The number of ether oxygens (including phenoxy) is 1. The molecule has 0 saturated heterocycles. The zero-order valence-corrected chi connectivity index (χ0v) is 13.6. The van der Waals surface area contributed by atoms with Gasteiger partial charge in [-0.3, -0.25) is 0 Å². The molecule has 0 bridgehead atoms. The van der Waals surface area contributed by atoms with Crippen LogP contribution in [0.3, 0.4) is 0 Å². The molecule has 0 unspecified atom stereocenters. The number of carbonyl (C=O) groups excluding carboxylic acids is 1. The average Bonchev–Trinajstić information content (AvgIpc) is 2.60. The molecule has 0 aliphatic carbocycles. The third kappa shape index (κ3) is 4.29. The summed E-state index contributed by atoms with van der Waals surface area (Å²) in [6.07, 6.45) is 0. The lowest BCUT2D eigenvalue weighted by atomic mass is 10.1. The Bertz CT molecular complexity index is 884. The highest BCUT2D eigenvalue weighted by atomic mass is 16.5. The van der Waals surface area contributed by atoms with Crippen molar-refractivity contribution in [2.75, 3.05) is 11.1 Å². The zero-order chi connectivity index (χ0) is 17.6. The van der Waals surface area contributed by atoms with Gasteiger partial charge < -0.3 is 15.8 Å². The van der Waals surface area contributed by atoms with Crippen LogP contribution in [-0.4, -0.2) is 20.9 Å². The summed E-state index contributed by atoms with van der Waals surface area (Å²) in [6.45, 7) is 1.75. The van der Waals surface area contributed by atoms with Crippen molar-refractivity contribution in [3.8, 4) is 0 Å². The van der Waals surface area contributed by atoms with Crippen LogP contribution in [0.4, 0.5) is 17.6 Å². The van der Waals surface area contributed by atoms with Gasteiger partial charge in [0.25, 0.3) is 0 Å². The lowest BCUT2D eigenvalue weighted by molar-refractivity contribution is 0.0461. The standard InChI is InChI=1S/C18H17N5O2/c1-12-7-5-6-10-14(12)16(24)25-11-15-21-17(19)23-18(22-15)20-13-8-3-2-4-9-13/h2-10H,11H2,1H3,(H3,19,20,21,22,23). The van der Waals surface area contributed by atoms with E-state index in [9.17, 15) is 4.79 Å². The third-order valence-electron chi connectivity index (χ3n) is 3.43. The van der Waals surface area contributed by atoms with Crippen LogP contribution in [0.2, 0.25) is 0 Å². The summed E-state index contributed by atoms with van der Waals surface area (Å²) in [6, 6.07) is 16.6. The maximum Gasteiger partial charge on any atom is 0.338 e. The van der Waals surface area contributed by atoms with Gasteiger partial charge in [-0.2, -0.15) is 15.0 Å². The second kappa shape index (κ2) is 7.39. The lowest BCUT2D eigenvalue weighted by Gasteiger charge is -2.09. The minimum Gasteiger partial charge on any atom is -0.454 e. The summed E-state index contributed by atoms with van der Waals surface area (Å²) < 4.78 is 5.28. The van der Waals surface area contributed by atoms with Crippen molar-refractivity contribution in [2.45, 2.75) is 13.5 Å². The molecule has 3 aromatic rings. The van der Waals surface area contributed by atoms with Crippen LogP contribution in [0.5, 0.6) is 0 Å². The van der Waals surface area contributed by atoms with Crippen molar-refractivity contribution in [1.82, 2.24) is 15.0 Å². The molecule has 126 valence electrons. The van der Waals surface area contributed by atoms with Crippen LogP contribution in [0.25, 0.3) is 0 Å². The SMILES string of the molecule is Cc1ccccc1C(=O)OCc1nc(N)nc(Nc2ccccc2)n1. The van der Waals surface area contributed by atoms with E-state index >= 15 is 0 Å². The fourth-order valence-corrected chi connectivity index (χ4v) is 2.22. The number of nitrogens with zero attached hydrogens (tertiary/aromatic N) is 3. The van der Waals surface area contributed by atoms with E-state index in [0.29, 0.717) is 11.5 Å². The molecule has 1 aromatic heterocycles. The second-order valence-corrected chi connectivity index (χ2v) is 5.32. The number of para-hydroxylation sites is 1. The number of benzene rings is 2. The highest BCUT2D eigenvalue weighted by Gasteiger charge is 2.12. The summed E-state index contributed by atoms with van der Waals surface area (Å²) in [5.41, 5.74) is 7.88. The van der Waals surface area contributed by atoms with Crippen molar-refractivity contribution in [3.05, 3.63) is 71.5 Å². The minimum absolute atomic E-state index is 0.0513. The maximum absolute atomic E-state index is 12.2. The second-order valence-electron chi connectivity index (χ2n) is 5.32. The number of carbonyl (C=O) groups is 1. The van der Waals surface area contributed by atoms with Gasteiger partial charge in [0.05, 0.1) is 5.56 Å². The van der Waals surface area contributed by atoms with Crippen LogP contribution in [0.15, 0.2) is 54.6 Å². The number of nitrogen functional groups attached to an aromatic ring is 1. The smallest absolute Gasteiger partial charge is 0.338 e. The highest BCUT2D eigenvalue weighted by molar-refractivity contribution is 5.90. The molecular weight excluding hydrogens is 318 g/mol. The molecule has 7 nitrogen and oxygen atoms in total. The third-order valence-corrected chi connectivity index (χ3v) is 3.43. The molecule has 0 radical (unpaired) electrons. The van der Waals surface area contributed by atoms with Gasteiger partial charge in [0.2, 0.25) is 11.9 Å². The number of hydrogen-bond donors (Lipinski definition) is 2. The lowest BCUT2D eigenvalue weighted by Crippen LogP contribution is -2.11. The topological polar surface area (TPSA) is 103 Å². The van der Waals surface area contributed by atoms with Crippen LogP contribution in [-0.2, 0) is 11.3 Å². The Kier molecular flexibility index (Phi) is 4.84. The van der Waals surface area contributed by atoms with Crippen LogP contribution < -0.4 is 11.1 Å². The Hall–Kier alpha value is -3.48. The molecule has 0 amide bonds. The van der Waals surface area contributed by atoms with Gasteiger partial charge >= 0.3 is 5.97 Å². The van der Waals surface area contributed by atoms with Crippen molar-refractivity contribution in [2.24, 2.45) is 0 Å². The molecule has 0 atom stereocenters. The van der Waals surface area contributed by atoms with Gasteiger partial charge in [0.15, 0.2) is 12.4 Å². The molecule has 1 heterocycles. The summed E-state index contributed by atoms with van der Waals surface area (Å²) in [4.78, 5) is 24.4. The van der Waals surface area contributed by atoms with Crippen LogP contribution >= 0.6 is 0 Å². The van der Waals surface area contributed by atoms with Gasteiger partial charge in [0.1, 0.15) is 0 Å².